The van der Waals surface area contributed by atoms with Gasteiger partial charge in [-0.05, 0) is 35.9 Å². The van der Waals surface area contributed by atoms with Gasteiger partial charge in [-0.25, -0.2) is 0 Å². The van der Waals surface area contributed by atoms with Crippen molar-refractivity contribution in [3.63, 3.8) is 0 Å². The Labute approximate surface area is 111 Å². The fourth-order valence-electron chi connectivity index (χ4n) is 2.46. The summed E-state index contributed by atoms with van der Waals surface area (Å²) in [4.78, 5) is 15.2. The molecule has 0 amide bonds. The van der Waals surface area contributed by atoms with Crippen LogP contribution in [0.4, 0.5) is 5.69 Å². The third-order valence-corrected chi connectivity index (χ3v) is 4.25. The normalized spacial score (nSPS) is 14.3. The van der Waals surface area contributed by atoms with Crippen LogP contribution in [0.2, 0.25) is 0 Å². The molecule has 18 heavy (non-hydrogen) atoms. The Morgan fingerprint density at radius 3 is 2.94 bits per heavy atom. The molecule has 1 aliphatic rings. The number of carbonyl (C=O) groups is 1. The molecule has 0 radical (unpaired) electrons. The van der Waals surface area contributed by atoms with Crippen molar-refractivity contribution in [3.05, 3.63) is 52.2 Å². The maximum atomic E-state index is 12.2. The molecule has 0 spiro atoms. The van der Waals surface area contributed by atoms with Crippen LogP contribution in [0.25, 0.3) is 0 Å². The smallest absolute Gasteiger partial charge is 0.191 e. The lowest BCUT2D eigenvalue weighted by Gasteiger charge is -2.30. The lowest BCUT2D eigenvalue weighted by atomic mass is 10.0. The maximum absolute atomic E-state index is 12.2. The Kier molecular flexibility index (Phi) is 3.15. The average molecular weight is 257 g/mol. The first kappa shape index (κ1) is 11.5. The van der Waals surface area contributed by atoms with Gasteiger partial charge < -0.3 is 4.90 Å². The van der Waals surface area contributed by atoms with Crippen LogP contribution in [0.3, 0.4) is 0 Å². The highest BCUT2D eigenvalue weighted by Gasteiger charge is 2.19. The van der Waals surface area contributed by atoms with Crippen LogP contribution in [0.15, 0.2) is 41.8 Å². The van der Waals surface area contributed by atoms with Crippen molar-refractivity contribution in [1.82, 2.24) is 0 Å². The molecule has 0 N–H and O–H groups in total. The predicted molar refractivity (Wildman–Crippen MR) is 75.6 cm³/mol. The highest BCUT2D eigenvalue weighted by atomic mass is 32.1. The lowest BCUT2D eigenvalue weighted by Crippen LogP contribution is -2.34. The summed E-state index contributed by atoms with van der Waals surface area (Å²) in [5, 5.41) is 1.96. The molecule has 1 aliphatic heterocycles. The Morgan fingerprint density at radius 2 is 2.11 bits per heavy atom. The first-order valence-corrected chi connectivity index (χ1v) is 7.12. The highest BCUT2D eigenvalue weighted by molar-refractivity contribution is 7.12. The van der Waals surface area contributed by atoms with Crippen molar-refractivity contribution >= 4 is 22.8 Å². The maximum Gasteiger partial charge on any atom is 0.191 e. The van der Waals surface area contributed by atoms with E-state index in [2.05, 4.69) is 23.1 Å². The molecule has 92 valence electrons. The minimum Gasteiger partial charge on any atom is -0.364 e. The summed E-state index contributed by atoms with van der Waals surface area (Å²) in [5.41, 5.74) is 2.59. The number of anilines is 1. The summed E-state index contributed by atoms with van der Waals surface area (Å²) < 4.78 is 0. The zero-order chi connectivity index (χ0) is 12.4. The molecule has 0 saturated heterocycles. The second kappa shape index (κ2) is 4.94. The number of hydrogen-bond acceptors (Lipinski definition) is 3. The van der Waals surface area contributed by atoms with Crippen LogP contribution in [0.5, 0.6) is 0 Å². The highest BCUT2D eigenvalue weighted by Crippen LogP contribution is 2.26. The quantitative estimate of drug-likeness (QED) is 0.786. The molecule has 3 rings (SSSR count). The van der Waals surface area contributed by atoms with Crippen LogP contribution in [0.1, 0.15) is 21.7 Å². The van der Waals surface area contributed by atoms with E-state index in [0.717, 1.165) is 24.3 Å². The van der Waals surface area contributed by atoms with Gasteiger partial charge in [0, 0.05) is 12.2 Å². The number of thiophene rings is 1. The van der Waals surface area contributed by atoms with E-state index in [1.54, 1.807) is 0 Å². The molecule has 0 bridgehead atoms. The molecule has 0 saturated carbocycles. The number of ketones is 1. The second-order valence-electron chi connectivity index (χ2n) is 4.55. The molecule has 1 aromatic carbocycles. The van der Waals surface area contributed by atoms with Crippen LogP contribution >= 0.6 is 11.3 Å². The Bertz CT molecular complexity index is 547. The first-order valence-electron chi connectivity index (χ1n) is 6.24. The molecule has 0 aliphatic carbocycles. The molecular formula is C15H15NOS. The van der Waals surface area contributed by atoms with Gasteiger partial charge in [0.25, 0.3) is 0 Å². The van der Waals surface area contributed by atoms with Gasteiger partial charge in [0.2, 0.25) is 0 Å². The van der Waals surface area contributed by atoms with Gasteiger partial charge in [-0.1, -0.05) is 24.3 Å². The molecule has 3 heteroatoms. The van der Waals surface area contributed by atoms with Crippen molar-refractivity contribution in [2.75, 3.05) is 18.0 Å². The van der Waals surface area contributed by atoms with Gasteiger partial charge in [-0.3, -0.25) is 4.79 Å². The van der Waals surface area contributed by atoms with E-state index in [1.807, 2.05) is 23.6 Å². The van der Waals surface area contributed by atoms with Crippen molar-refractivity contribution in [2.24, 2.45) is 0 Å². The van der Waals surface area contributed by atoms with Gasteiger partial charge in [0.15, 0.2) is 5.78 Å². The van der Waals surface area contributed by atoms with Crippen molar-refractivity contribution < 1.29 is 4.79 Å². The summed E-state index contributed by atoms with van der Waals surface area (Å²) in [7, 11) is 0. The van der Waals surface area contributed by atoms with E-state index in [9.17, 15) is 4.79 Å². The number of Topliss-reactive ketones (excluding diaryl/α,β-unsaturated/α-hetero) is 1. The van der Waals surface area contributed by atoms with E-state index in [-0.39, 0.29) is 5.78 Å². The minimum atomic E-state index is 0.224. The average Bonchev–Trinajstić information content (AvgIpc) is 2.93. The number of rotatable bonds is 3. The van der Waals surface area contributed by atoms with Crippen LogP contribution in [0, 0.1) is 0 Å². The van der Waals surface area contributed by atoms with Crippen LogP contribution in [-0.4, -0.2) is 18.9 Å². The fraction of sp³-hybridized carbons (Fsp3) is 0.267. The zero-order valence-corrected chi connectivity index (χ0v) is 11.0. The zero-order valence-electron chi connectivity index (χ0n) is 10.1. The monoisotopic (exact) mass is 257 g/mol. The number of para-hydroxylation sites is 1. The Morgan fingerprint density at radius 1 is 1.22 bits per heavy atom. The van der Waals surface area contributed by atoms with E-state index < -0.39 is 0 Å². The summed E-state index contributed by atoms with van der Waals surface area (Å²) in [5.74, 6) is 0.224. The van der Waals surface area contributed by atoms with Gasteiger partial charge >= 0.3 is 0 Å². The molecule has 2 nitrogen and oxygen atoms in total. The molecule has 2 heterocycles. The summed E-state index contributed by atoms with van der Waals surface area (Å²) in [6, 6.07) is 12.2. The minimum absolute atomic E-state index is 0.224. The summed E-state index contributed by atoms with van der Waals surface area (Å²) in [6.45, 7) is 1.48. The SMILES string of the molecule is O=C(CN1CCCc2ccccc21)c1cccs1. The molecule has 2 aromatic rings. The number of fused-ring (bicyclic) bond motifs is 1. The van der Waals surface area contributed by atoms with Gasteiger partial charge in [-0.2, -0.15) is 0 Å². The third kappa shape index (κ3) is 2.18. The Hall–Kier alpha value is -1.61. The predicted octanol–water partition coefficient (Wildman–Crippen LogP) is 3.38. The largest absolute Gasteiger partial charge is 0.364 e. The van der Waals surface area contributed by atoms with E-state index in [4.69, 9.17) is 0 Å². The van der Waals surface area contributed by atoms with E-state index in [0.29, 0.717) is 6.54 Å². The van der Waals surface area contributed by atoms with Crippen LogP contribution < -0.4 is 4.90 Å². The standard InChI is InChI=1S/C15H15NOS/c17-14(15-8-4-10-18-15)11-16-9-3-6-12-5-1-2-7-13(12)16/h1-2,4-5,7-8,10H,3,6,9,11H2. The van der Waals surface area contributed by atoms with Crippen LogP contribution in [-0.2, 0) is 6.42 Å². The first-order chi connectivity index (χ1) is 8.84. The van der Waals surface area contributed by atoms with Gasteiger partial charge in [0.05, 0.1) is 11.4 Å². The van der Waals surface area contributed by atoms with Gasteiger partial charge in [-0.15, -0.1) is 11.3 Å². The number of aryl methyl sites for hydroxylation is 1. The number of nitrogens with zero attached hydrogens (tertiary/aromatic N) is 1. The lowest BCUT2D eigenvalue weighted by molar-refractivity contribution is 0.100. The van der Waals surface area contributed by atoms with Gasteiger partial charge in [0.1, 0.15) is 0 Å². The summed E-state index contributed by atoms with van der Waals surface area (Å²) in [6.07, 6.45) is 2.26. The third-order valence-electron chi connectivity index (χ3n) is 3.34. The van der Waals surface area contributed by atoms with E-state index in [1.165, 1.54) is 22.6 Å². The Balaban J connectivity index is 1.80. The molecule has 0 unspecified atom stereocenters. The number of hydrogen-bond donors (Lipinski definition) is 0. The van der Waals surface area contributed by atoms with Crippen molar-refractivity contribution in [2.45, 2.75) is 12.8 Å². The molecular weight excluding hydrogens is 242 g/mol. The molecule has 1 aromatic heterocycles. The molecule has 0 atom stereocenters. The van der Waals surface area contributed by atoms with Crippen molar-refractivity contribution in [1.29, 1.82) is 0 Å². The number of benzene rings is 1. The molecule has 0 fully saturated rings. The fourth-order valence-corrected chi connectivity index (χ4v) is 3.12. The van der Waals surface area contributed by atoms with E-state index >= 15 is 0 Å². The second-order valence-corrected chi connectivity index (χ2v) is 5.50. The number of carbonyl (C=O) groups excluding carboxylic acids is 1. The summed E-state index contributed by atoms with van der Waals surface area (Å²) >= 11 is 1.52. The topological polar surface area (TPSA) is 20.3 Å². The van der Waals surface area contributed by atoms with Crippen molar-refractivity contribution in [3.8, 4) is 0 Å².